The summed E-state index contributed by atoms with van der Waals surface area (Å²) in [7, 11) is 1.94. The molecule has 108 valence electrons. The minimum Gasteiger partial charge on any atom is -0.389 e. The molecular formula is C16H23N3O. The number of nitrogens with zero attached hydrogens (tertiary/aromatic N) is 3. The molecule has 0 bridgehead atoms. The third-order valence-electron chi connectivity index (χ3n) is 3.17. The number of aliphatic hydroxyl groups is 1. The van der Waals surface area contributed by atoms with Gasteiger partial charge in [0.25, 0.3) is 0 Å². The molecule has 4 heteroatoms. The topological polar surface area (TPSA) is 41.3 Å². The van der Waals surface area contributed by atoms with E-state index in [1.807, 2.05) is 49.8 Å². The summed E-state index contributed by atoms with van der Waals surface area (Å²) in [4.78, 5) is 2.24. The zero-order valence-corrected chi connectivity index (χ0v) is 12.5. The minimum atomic E-state index is -0.715. The van der Waals surface area contributed by atoms with Crippen LogP contribution >= 0.6 is 0 Å². The van der Waals surface area contributed by atoms with Crippen molar-refractivity contribution >= 4 is 0 Å². The van der Waals surface area contributed by atoms with Gasteiger partial charge in [0.15, 0.2) is 0 Å². The van der Waals surface area contributed by atoms with E-state index in [0.29, 0.717) is 6.54 Å². The van der Waals surface area contributed by atoms with Crippen molar-refractivity contribution in [3.8, 4) is 0 Å². The highest BCUT2D eigenvalue weighted by Crippen LogP contribution is 2.13. The van der Waals surface area contributed by atoms with Gasteiger partial charge in [-0.1, -0.05) is 30.3 Å². The van der Waals surface area contributed by atoms with E-state index in [2.05, 4.69) is 22.1 Å². The van der Waals surface area contributed by atoms with Gasteiger partial charge in [-0.05, 0) is 25.5 Å². The number of aromatic nitrogens is 2. The Hall–Kier alpha value is -1.65. The second-order valence-corrected chi connectivity index (χ2v) is 5.89. The number of hydrogen-bond acceptors (Lipinski definition) is 3. The summed E-state index contributed by atoms with van der Waals surface area (Å²) >= 11 is 0. The fraction of sp³-hybridized carbons (Fsp3) is 0.438. The zero-order valence-electron chi connectivity index (χ0n) is 12.5. The Balaban J connectivity index is 2.10. The lowest BCUT2D eigenvalue weighted by Crippen LogP contribution is -2.38. The quantitative estimate of drug-likeness (QED) is 0.877. The highest BCUT2D eigenvalue weighted by atomic mass is 16.3. The second-order valence-electron chi connectivity index (χ2n) is 5.89. The lowest BCUT2D eigenvalue weighted by Gasteiger charge is -2.29. The Bertz CT molecular complexity index is 528. The van der Waals surface area contributed by atoms with E-state index in [-0.39, 0.29) is 0 Å². The van der Waals surface area contributed by atoms with Gasteiger partial charge in [0.2, 0.25) is 0 Å². The highest BCUT2D eigenvalue weighted by Gasteiger charge is 2.19. The smallest absolute Gasteiger partial charge is 0.0718 e. The summed E-state index contributed by atoms with van der Waals surface area (Å²) in [6, 6.07) is 12.3. The van der Waals surface area contributed by atoms with Crippen LogP contribution in [0.5, 0.6) is 0 Å². The first-order valence-electron chi connectivity index (χ1n) is 6.89. The minimum absolute atomic E-state index is 0.618. The Morgan fingerprint density at radius 2 is 1.85 bits per heavy atom. The van der Waals surface area contributed by atoms with E-state index in [4.69, 9.17) is 0 Å². The molecular weight excluding hydrogens is 250 g/mol. The first-order valence-corrected chi connectivity index (χ1v) is 6.89. The van der Waals surface area contributed by atoms with Crippen LogP contribution in [-0.4, -0.2) is 31.9 Å². The molecule has 1 N–H and O–H groups in total. The van der Waals surface area contributed by atoms with Crippen molar-refractivity contribution in [1.82, 2.24) is 14.7 Å². The first-order chi connectivity index (χ1) is 9.44. The van der Waals surface area contributed by atoms with Crippen molar-refractivity contribution < 1.29 is 5.11 Å². The summed E-state index contributed by atoms with van der Waals surface area (Å²) in [6.45, 7) is 5.89. The third-order valence-corrected chi connectivity index (χ3v) is 3.17. The van der Waals surface area contributed by atoms with E-state index in [0.717, 1.165) is 18.8 Å². The van der Waals surface area contributed by atoms with Gasteiger partial charge in [-0.25, -0.2) is 0 Å². The van der Waals surface area contributed by atoms with Gasteiger partial charge in [-0.2, -0.15) is 5.10 Å². The number of hydrogen-bond donors (Lipinski definition) is 1. The number of rotatable bonds is 6. The van der Waals surface area contributed by atoms with Crippen LogP contribution < -0.4 is 0 Å². The molecule has 1 aromatic heterocycles. The molecule has 0 fully saturated rings. The summed E-state index contributed by atoms with van der Waals surface area (Å²) in [5, 5.41) is 14.3. The average molecular weight is 273 g/mol. The predicted octanol–water partition coefficient (Wildman–Crippen LogP) is 2.19. The van der Waals surface area contributed by atoms with Gasteiger partial charge < -0.3 is 5.11 Å². The molecule has 1 aromatic carbocycles. The normalized spacial score (nSPS) is 12.1. The van der Waals surface area contributed by atoms with Gasteiger partial charge in [-0.3, -0.25) is 9.58 Å². The lowest BCUT2D eigenvalue weighted by molar-refractivity contribution is 0.0299. The van der Waals surface area contributed by atoms with Gasteiger partial charge in [0.1, 0.15) is 0 Å². The summed E-state index contributed by atoms with van der Waals surface area (Å²) < 4.78 is 1.88. The first kappa shape index (κ1) is 14.8. The Kier molecular flexibility index (Phi) is 4.57. The van der Waals surface area contributed by atoms with Crippen LogP contribution in [0.4, 0.5) is 0 Å². The fourth-order valence-electron chi connectivity index (χ4n) is 2.34. The average Bonchev–Trinajstić information content (AvgIpc) is 2.74. The lowest BCUT2D eigenvalue weighted by atomic mass is 10.1. The maximum atomic E-state index is 10.1. The van der Waals surface area contributed by atoms with Crippen molar-refractivity contribution in [1.29, 1.82) is 0 Å². The molecule has 0 saturated carbocycles. The van der Waals surface area contributed by atoms with Crippen LogP contribution in [0.15, 0.2) is 42.6 Å². The SMILES string of the molecule is Cn1nccc1CN(Cc1ccccc1)CC(C)(C)O. The van der Waals surface area contributed by atoms with Crippen molar-refractivity contribution in [3.63, 3.8) is 0 Å². The van der Waals surface area contributed by atoms with Gasteiger partial charge in [-0.15, -0.1) is 0 Å². The molecule has 0 radical (unpaired) electrons. The van der Waals surface area contributed by atoms with Gasteiger partial charge in [0, 0.05) is 32.9 Å². The van der Waals surface area contributed by atoms with Crippen LogP contribution in [0.2, 0.25) is 0 Å². The van der Waals surface area contributed by atoms with Gasteiger partial charge >= 0.3 is 0 Å². The van der Waals surface area contributed by atoms with Crippen LogP contribution in [0, 0.1) is 0 Å². The van der Waals surface area contributed by atoms with Crippen molar-refractivity contribution in [2.24, 2.45) is 7.05 Å². The Labute approximate surface area is 120 Å². The number of benzene rings is 1. The molecule has 0 saturated heterocycles. The van der Waals surface area contributed by atoms with Crippen LogP contribution in [0.3, 0.4) is 0 Å². The van der Waals surface area contributed by atoms with E-state index >= 15 is 0 Å². The maximum absolute atomic E-state index is 10.1. The molecule has 0 unspecified atom stereocenters. The molecule has 0 aliphatic heterocycles. The highest BCUT2D eigenvalue weighted by molar-refractivity contribution is 5.14. The molecule has 0 amide bonds. The predicted molar refractivity (Wildman–Crippen MR) is 80.1 cm³/mol. The van der Waals surface area contributed by atoms with E-state index in [9.17, 15) is 5.11 Å². The van der Waals surface area contributed by atoms with E-state index in [1.54, 1.807) is 6.20 Å². The van der Waals surface area contributed by atoms with E-state index < -0.39 is 5.60 Å². The van der Waals surface area contributed by atoms with Crippen LogP contribution in [0.1, 0.15) is 25.1 Å². The molecule has 0 spiro atoms. The Morgan fingerprint density at radius 3 is 2.40 bits per heavy atom. The third kappa shape index (κ3) is 4.47. The van der Waals surface area contributed by atoms with Crippen molar-refractivity contribution in [2.45, 2.75) is 32.5 Å². The molecule has 0 atom stereocenters. The number of aryl methyl sites for hydroxylation is 1. The zero-order chi connectivity index (χ0) is 14.6. The fourth-order valence-corrected chi connectivity index (χ4v) is 2.34. The van der Waals surface area contributed by atoms with Gasteiger partial charge in [0.05, 0.1) is 11.3 Å². The molecule has 20 heavy (non-hydrogen) atoms. The monoisotopic (exact) mass is 273 g/mol. The van der Waals surface area contributed by atoms with Crippen molar-refractivity contribution in [3.05, 3.63) is 53.9 Å². The standard InChI is InChI=1S/C16H23N3O/c1-16(2,20)13-19(11-14-7-5-4-6-8-14)12-15-9-10-17-18(15)3/h4-10,20H,11-13H2,1-3H3. The van der Waals surface area contributed by atoms with Crippen LogP contribution in [-0.2, 0) is 20.1 Å². The Morgan fingerprint density at radius 1 is 1.15 bits per heavy atom. The molecule has 2 aromatic rings. The van der Waals surface area contributed by atoms with Crippen LogP contribution in [0.25, 0.3) is 0 Å². The summed E-state index contributed by atoms with van der Waals surface area (Å²) in [6.07, 6.45) is 1.81. The molecule has 2 rings (SSSR count). The second kappa shape index (κ2) is 6.20. The van der Waals surface area contributed by atoms with Crippen molar-refractivity contribution in [2.75, 3.05) is 6.54 Å². The maximum Gasteiger partial charge on any atom is 0.0718 e. The molecule has 0 aliphatic carbocycles. The summed E-state index contributed by atoms with van der Waals surface area (Å²) in [5.41, 5.74) is 1.68. The molecule has 4 nitrogen and oxygen atoms in total. The summed E-state index contributed by atoms with van der Waals surface area (Å²) in [5.74, 6) is 0. The largest absolute Gasteiger partial charge is 0.389 e. The molecule has 0 aliphatic rings. The van der Waals surface area contributed by atoms with E-state index in [1.165, 1.54) is 5.56 Å². The molecule has 1 heterocycles.